The second-order valence-electron chi connectivity index (χ2n) is 27.2. The van der Waals surface area contributed by atoms with Crippen LogP contribution >= 0.6 is 0 Å². The number of carbonyl (C=O) groups is 1. The second kappa shape index (κ2) is 21.3. The summed E-state index contributed by atoms with van der Waals surface area (Å²) in [4.78, 5) is 14.5. The van der Waals surface area contributed by atoms with Crippen molar-refractivity contribution in [3.05, 3.63) is 24.3 Å². The van der Waals surface area contributed by atoms with Crippen LogP contribution in [0.15, 0.2) is 24.3 Å². The van der Waals surface area contributed by atoms with Gasteiger partial charge in [0, 0.05) is 57.3 Å². The Morgan fingerprint density at radius 1 is 0.595 bits per heavy atom. The predicted octanol–water partition coefficient (Wildman–Crippen LogP) is 4.56. The van der Waals surface area contributed by atoms with Crippen LogP contribution in [0.5, 0.6) is 0 Å². The van der Waals surface area contributed by atoms with Crippen LogP contribution in [0, 0.1) is 23.7 Å². The first kappa shape index (κ1) is 55.2. The molecule has 0 saturated carbocycles. The maximum absolute atomic E-state index is 14.5. The average Bonchev–Trinajstić information content (AvgIpc) is 4.42. The summed E-state index contributed by atoms with van der Waals surface area (Å²) in [6.45, 7) is 17.2. The van der Waals surface area contributed by atoms with Gasteiger partial charge >= 0.3 is 5.97 Å². The minimum Gasteiger partial charge on any atom is -0.459 e. The molecule has 0 aliphatic carbocycles. The van der Waals surface area contributed by atoms with Gasteiger partial charge in [0.15, 0.2) is 11.6 Å². The minimum absolute atomic E-state index is 0.00935. The van der Waals surface area contributed by atoms with Gasteiger partial charge in [0.25, 0.3) is 0 Å². The van der Waals surface area contributed by atoms with E-state index in [-0.39, 0.29) is 134 Å². The zero-order chi connectivity index (χ0) is 54.4. The summed E-state index contributed by atoms with van der Waals surface area (Å²) in [5.41, 5.74) is 2.13. The summed E-state index contributed by atoms with van der Waals surface area (Å²) >= 11 is 0. The number of aliphatic hydroxyl groups excluding tert-OH is 4. The van der Waals surface area contributed by atoms with Gasteiger partial charge in [-0.05, 0) is 86.7 Å². The van der Waals surface area contributed by atoms with Crippen LogP contribution < -0.4 is 0 Å². The minimum atomic E-state index is -1.04. The molecule has 0 radical (unpaired) electrons. The van der Waals surface area contributed by atoms with Crippen LogP contribution in [0.4, 0.5) is 0 Å². The third-order valence-electron chi connectivity index (χ3n) is 21.6. The standard InChI is InChI=1S/C60H88O19/c1-26-13-33-7-9-39-27(2)14-35(66-39)11-12-59-24-48-55(78-59)56-57(74-48)58(79-59)54-40(71-56)10-8-34(69-54)18-49(65)75-53-31(6)52-46(70-45(53)19-41(67-33)30(26)5)21-43-47(73-52)23-60(76-43)22-38(64)50(77-60)28(3)15-36-16-29(4)51-44(68-36)20-42(72-51)37(63)17-32(62)25-61/h26,28-29,31-48,50-58,61-64H,2,5,7-25H2,1,3-4,6H3. The van der Waals surface area contributed by atoms with Crippen molar-refractivity contribution in [2.24, 2.45) is 23.7 Å². The summed E-state index contributed by atoms with van der Waals surface area (Å²) < 4.78 is 95.5. The lowest BCUT2D eigenvalue weighted by Gasteiger charge is -2.50. The molecule has 0 amide bonds. The van der Waals surface area contributed by atoms with Crippen molar-refractivity contribution < 1.29 is 91.5 Å². The molecular weight excluding hydrogens is 1020 g/mol. The highest BCUT2D eigenvalue weighted by atomic mass is 16.8. The molecule has 12 bridgehead atoms. The molecule has 15 saturated heterocycles. The fourth-order valence-corrected chi connectivity index (χ4v) is 17.6. The first-order valence-corrected chi connectivity index (χ1v) is 30.8. The largest absolute Gasteiger partial charge is 0.459 e. The van der Waals surface area contributed by atoms with E-state index in [9.17, 15) is 25.2 Å². The molecule has 15 fully saturated rings. The van der Waals surface area contributed by atoms with E-state index in [1.54, 1.807) is 0 Å². The van der Waals surface area contributed by atoms with Crippen molar-refractivity contribution in [1.29, 1.82) is 0 Å². The number of esters is 1. The lowest BCUT2D eigenvalue weighted by atomic mass is 9.79. The maximum Gasteiger partial charge on any atom is 0.308 e. The lowest BCUT2D eigenvalue weighted by molar-refractivity contribution is -0.293. The van der Waals surface area contributed by atoms with Gasteiger partial charge in [-0.1, -0.05) is 40.9 Å². The Labute approximate surface area is 464 Å². The van der Waals surface area contributed by atoms with Gasteiger partial charge in [0.1, 0.15) is 36.6 Å². The Balaban J connectivity index is 0.665. The van der Waals surface area contributed by atoms with Gasteiger partial charge in [-0.25, -0.2) is 0 Å². The highest BCUT2D eigenvalue weighted by Gasteiger charge is 2.69. The third-order valence-corrected chi connectivity index (χ3v) is 21.6. The van der Waals surface area contributed by atoms with Gasteiger partial charge < -0.3 is 86.7 Å². The number of ether oxygens (including phenoxy) is 14. The molecule has 32 unspecified atom stereocenters. The van der Waals surface area contributed by atoms with Crippen LogP contribution in [0.25, 0.3) is 0 Å². The molecule has 442 valence electrons. The zero-order valence-corrected chi connectivity index (χ0v) is 46.6. The Morgan fingerprint density at radius 3 is 2.18 bits per heavy atom. The summed E-state index contributed by atoms with van der Waals surface area (Å²) in [6, 6.07) is 0. The van der Waals surface area contributed by atoms with Gasteiger partial charge in [0.2, 0.25) is 0 Å². The van der Waals surface area contributed by atoms with E-state index in [1.165, 1.54) is 0 Å². The van der Waals surface area contributed by atoms with Gasteiger partial charge in [0.05, 0.1) is 135 Å². The van der Waals surface area contributed by atoms with Crippen molar-refractivity contribution in [1.82, 2.24) is 0 Å². The SMILES string of the molecule is C=C1CC2CCC34CC5OC6C(OC7CCC(CC(=O)OC8C(CC9OC(CCC1O2)CC(C)C9=C)OC1CC2OC9(CC(O)C(C(C)CC%10CC(C)C%11OC(C(O)CC(O)CO)CC%11O%10)O9)CC2OC1C8C)OC7C6O3)C5O4. The molecule has 19 heteroatoms. The number of carbonyl (C=O) groups excluding carboxylic acids is 1. The smallest absolute Gasteiger partial charge is 0.308 e. The highest BCUT2D eigenvalue weighted by Crippen LogP contribution is 2.56. The van der Waals surface area contributed by atoms with E-state index in [0.29, 0.717) is 64.2 Å². The summed E-state index contributed by atoms with van der Waals surface area (Å²) in [6.07, 6.45) is 0.970. The molecule has 0 aromatic rings. The molecule has 0 aromatic carbocycles. The van der Waals surface area contributed by atoms with E-state index >= 15 is 0 Å². The summed E-state index contributed by atoms with van der Waals surface area (Å²) in [7, 11) is 0. The van der Waals surface area contributed by atoms with Crippen LogP contribution in [0.1, 0.15) is 143 Å². The average molecular weight is 1110 g/mol. The van der Waals surface area contributed by atoms with Crippen LogP contribution in [0.3, 0.4) is 0 Å². The van der Waals surface area contributed by atoms with E-state index < -0.39 is 85.3 Å². The third kappa shape index (κ3) is 10.2. The number of rotatable bonds is 7. The van der Waals surface area contributed by atoms with Crippen molar-refractivity contribution in [3.63, 3.8) is 0 Å². The molecule has 2 spiro atoms. The summed E-state index contributed by atoms with van der Waals surface area (Å²) in [5, 5.41) is 41.8. The highest BCUT2D eigenvalue weighted by molar-refractivity contribution is 5.70. The zero-order valence-electron chi connectivity index (χ0n) is 46.6. The fourth-order valence-electron chi connectivity index (χ4n) is 17.6. The monoisotopic (exact) mass is 1110 g/mol. The van der Waals surface area contributed by atoms with Crippen molar-refractivity contribution >= 4 is 5.97 Å². The molecule has 15 aliphatic heterocycles. The van der Waals surface area contributed by atoms with Crippen molar-refractivity contribution in [3.8, 4) is 0 Å². The first-order chi connectivity index (χ1) is 38.0. The van der Waals surface area contributed by atoms with Crippen LogP contribution in [0.2, 0.25) is 0 Å². The molecule has 0 aromatic heterocycles. The van der Waals surface area contributed by atoms with E-state index in [4.69, 9.17) is 66.3 Å². The fraction of sp³-hybridized carbons (Fsp3) is 0.917. The Hall–Kier alpha value is -1.73. The normalized spacial score (nSPS) is 55.0. The van der Waals surface area contributed by atoms with E-state index in [1.807, 2.05) is 0 Å². The van der Waals surface area contributed by atoms with Crippen LogP contribution in [-0.4, -0.2) is 203 Å². The predicted molar refractivity (Wildman–Crippen MR) is 276 cm³/mol. The number of aliphatic hydroxyl groups is 4. The van der Waals surface area contributed by atoms with Crippen molar-refractivity contribution in [2.45, 2.75) is 314 Å². The van der Waals surface area contributed by atoms with E-state index in [0.717, 1.165) is 49.7 Å². The second-order valence-corrected chi connectivity index (χ2v) is 27.2. The number of hydrogen-bond acceptors (Lipinski definition) is 19. The first-order valence-electron chi connectivity index (χ1n) is 30.8. The molecule has 15 heterocycles. The van der Waals surface area contributed by atoms with E-state index in [2.05, 4.69) is 40.9 Å². The Kier molecular flexibility index (Phi) is 14.9. The molecule has 15 aliphatic rings. The molecule has 32 atom stereocenters. The molecule has 79 heavy (non-hydrogen) atoms. The summed E-state index contributed by atoms with van der Waals surface area (Å²) in [5.74, 6) is -2.17. The quantitative estimate of drug-likeness (QED) is 0.202. The van der Waals surface area contributed by atoms with Gasteiger partial charge in [-0.2, -0.15) is 0 Å². The molecule has 15 rings (SSSR count). The van der Waals surface area contributed by atoms with Crippen LogP contribution in [-0.2, 0) is 71.1 Å². The molecular formula is C60H88O19. The lowest BCUT2D eigenvalue weighted by Crippen LogP contribution is -2.62. The topological polar surface area (TPSA) is 227 Å². The molecule has 4 N–H and O–H groups in total. The molecule has 19 nitrogen and oxygen atoms in total. The Bertz CT molecular complexity index is 2270. The van der Waals surface area contributed by atoms with Gasteiger partial charge in [-0.15, -0.1) is 0 Å². The Morgan fingerprint density at radius 2 is 1.33 bits per heavy atom. The number of hydrogen-bond donors (Lipinski definition) is 4. The van der Waals surface area contributed by atoms with Crippen molar-refractivity contribution in [2.75, 3.05) is 6.61 Å². The van der Waals surface area contributed by atoms with Gasteiger partial charge in [-0.3, -0.25) is 4.79 Å². The number of fused-ring (bicyclic) bond motifs is 9. The maximum atomic E-state index is 14.5.